The minimum atomic E-state index is -3.70. The normalized spacial score (nSPS) is 14.1. The van der Waals surface area contributed by atoms with E-state index in [1.165, 1.54) is 25.3 Å². The molecule has 7 nitrogen and oxygen atoms in total. The van der Waals surface area contributed by atoms with Crippen LogP contribution in [0.2, 0.25) is 0 Å². The molecular formula is C21H24N4O3S. The Hall–Kier alpha value is -3.05. The van der Waals surface area contributed by atoms with E-state index in [9.17, 15) is 13.2 Å². The summed E-state index contributed by atoms with van der Waals surface area (Å²) in [5.74, 6) is -0.455. The van der Waals surface area contributed by atoms with Crippen molar-refractivity contribution < 1.29 is 13.2 Å². The predicted molar refractivity (Wildman–Crippen MR) is 114 cm³/mol. The van der Waals surface area contributed by atoms with Gasteiger partial charge < -0.3 is 10.2 Å². The Balaban J connectivity index is 1.69. The van der Waals surface area contributed by atoms with E-state index in [1.807, 2.05) is 30.3 Å². The lowest BCUT2D eigenvalue weighted by Crippen LogP contribution is -2.37. The third-order valence-corrected chi connectivity index (χ3v) is 5.96. The molecule has 1 fully saturated rings. The fourth-order valence-corrected chi connectivity index (χ4v) is 4.22. The van der Waals surface area contributed by atoms with Crippen molar-refractivity contribution in [1.82, 2.24) is 0 Å². The summed E-state index contributed by atoms with van der Waals surface area (Å²) in [5, 5.41) is 11.8. The number of nitriles is 1. The number of benzene rings is 2. The van der Waals surface area contributed by atoms with E-state index < -0.39 is 15.9 Å². The van der Waals surface area contributed by atoms with Crippen molar-refractivity contribution in [3.63, 3.8) is 0 Å². The number of hydrogen-bond donors (Lipinski definition) is 1. The molecule has 29 heavy (non-hydrogen) atoms. The van der Waals surface area contributed by atoms with Crippen molar-refractivity contribution in [3.8, 4) is 6.07 Å². The first kappa shape index (κ1) is 20.7. The van der Waals surface area contributed by atoms with Crippen LogP contribution in [0.15, 0.2) is 48.5 Å². The molecule has 2 aromatic carbocycles. The van der Waals surface area contributed by atoms with Gasteiger partial charge in [0.15, 0.2) is 0 Å². The lowest BCUT2D eigenvalue weighted by Gasteiger charge is -2.28. The van der Waals surface area contributed by atoms with E-state index in [-0.39, 0.29) is 12.2 Å². The van der Waals surface area contributed by atoms with Gasteiger partial charge in [-0.25, -0.2) is 8.42 Å². The third-order valence-electron chi connectivity index (χ3n) is 4.82. The highest BCUT2D eigenvalue weighted by Gasteiger charge is 2.21. The van der Waals surface area contributed by atoms with Crippen molar-refractivity contribution in [1.29, 1.82) is 5.26 Å². The van der Waals surface area contributed by atoms with Crippen LogP contribution in [0.25, 0.3) is 0 Å². The van der Waals surface area contributed by atoms with Crippen LogP contribution in [0.3, 0.4) is 0 Å². The topological polar surface area (TPSA) is 93.5 Å². The highest BCUT2D eigenvalue weighted by molar-refractivity contribution is 7.92. The Morgan fingerprint density at radius 2 is 1.83 bits per heavy atom. The van der Waals surface area contributed by atoms with Gasteiger partial charge in [0.1, 0.15) is 6.54 Å². The van der Waals surface area contributed by atoms with Gasteiger partial charge in [0.2, 0.25) is 15.9 Å². The molecule has 0 aliphatic carbocycles. The van der Waals surface area contributed by atoms with Crippen molar-refractivity contribution in [3.05, 3.63) is 54.1 Å². The average Bonchev–Trinajstić information content (AvgIpc) is 2.72. The SMILES string of the molecule is CS(=O)(=O)N(CC(=O)Nc1ccc(N2CCCCC2)cc1)c1cccc(C#N)c1. The summed E-state index contributed by atoms with van der Waals surface area (Å²) in [6.45, 7) is 1.70. The summed E-state index contributed by atoms with van der Waals surface area (Å²) in [5.41, 5.74) is 2.33. The molecule has 1 aliphatic heterocycles. The van der Waals surface area contributed by atoms with E-state index in [0.29, 0.717) is 11.3 Å². The largest absolute Gasteiger partial charge is 0.372 e. The number of amides is 1. The number of carbonyl (C=O) groups excluding carboxylic acids is 1. The molecule has 1 aliphatic rings. The Bertz CT molecular complexity index is 1010. The van der Waals surface area contributed by atoms with Crippen molar-refractivity contribution in [2.45, 2.75) is 19.3 Å². The fourth-order valence-electron chi connectivity index (χ4n) is 3.37. The van der Waals surface area contributed by atoms with Gasteiger partial charge in [0, 0.05) is 24.5 Å². The number of piperidine rings is 1. The standard InChI is InChI=1S/C21H24N4O3S/c1-29(27,28)25(20-7-5-6-17(14-20)15-22)16-21(26)23-18-8-10-19(11-9-18)24-12-3-2-4-13-24/h5-11,14H,2-4,12-13,16H2,1H3,(H,23,26). The van der Waals surface area contributed by atoms with Gasteiger partial charge in [-0.15, -0.1) is 0 Å². The molecule has 3 rings (SSSR count). The molecule has 1 N–H and O–H groups in total. The van der Waals surface area contributed by atoms with Gasteiger partial charge in [-0.05, 0) is 61.7 Å². The average molecular weight is 413 g/mol. The third kappa shape index (κ3) is 5.48. The van der Waals surface area contributed by atoms with Gasteiger partial charge in [-0.2, -0.15) is 5.26 Å². The minimum absolute atomic E-state index is 0.280. The molecule has 152 valence electrons. The number of anilines is 3. The zero-order valence-corrected chi connectivity index (χ0v) is 17.2. The zero-order chi connectivity index (χ0) is 20.9. The molecule has 0 atom stereocenters. The van der Waals surface area contributed by atoms with Crippen LogP contribution in [0, 0.1) is 11.3 Å². The maximum atomic E-state index is 12.5. The number of hydrogen-bond acceptors (Lipinski definition) is 5. The molecule has 0 radical (unpaired) electrons. The van der Waals surface area contributed by atoms with Gasteiger partial charge in [-0.1, -0.05) is 6.07 Å². The zero-order valence-electron chi connectivity index (χ0n) is 16.3. The first-order valence-corrected chi connectivity index (χ1v) is 11.3. The number of carbonyl (C=O) groups is 1. The lowest BCUT2D eigenvalue weighted by molar-refractivity contribution is -0.114. The number of nitrogens with zero attached hydrogens (tertiary/aromatic N) is 3. The number of nitrogens with one attached hydrogen (secondary N) is 1. The quantitative estimate of drug-likeness (QED) is 0.787. The second-order valence-corrected chi connectivity index (χ2v) is 8.98. The predicted octanol–water partition coefficient (Wildman–Crippen LogP) is 2.95. The van der Waals surface area contributed by atoms with Crippen molar-refractivity contribution in [2.24, 2.45) is 0 Å². The summed E-state index contributed by atoms with van der Waals surface area (Å²) < 4.78 is 25.4. The van der Waals surface area contributed by atoms with Crippen molar-refractivity contribution in [2.75, 3.05) is 40.4 Å². The summed E-state index contributed by atoms with van der Waals surface area (Å²) in [4.78, 5) is 14.8. The Labute approximate surface area is 171 Å². The summed E-state index contributed by atoms with van der Waals surface area (Å²) in [7, 11) is -3.70. The summed E-state index contributed by atoms with van der Waals surface area (Å²) in [6, 6.07) is 15.7. The smallest absolute Gasteiger partial charge is 0.245 e. The molecule has 8 heteroatoms. The molecule has 1 heterocycles. The highest BCUT2D eigenvalue weighted by Crippen LogP contribution is 2.22. The Morgan fingerprint density at radius 3 is 2.45 bits per heavy atom. The van der Waals surface area contributed by atoms with Crippen LogP contribution in [0.4, 0.5) is 17.1 Å². The van der Waals surface area contributed by atoms with Crippen LogP contribution < -0.4 is 14.5 Å². The van der Waals surface area contributed by atoms with E-state index in [2.05, 4.69) is 10.2 Å². The van der Waals surface area contributed by atoms with Gasteiger partial charge in [0.05, 0.1) is 23.6 Å². The molecule has 1 saturated heterocycles. The van der Waals surface area contributed by atoms with Crippen LogP contribution in [-0.2, 0) is 14.8 Å². The second kappa shape index (κ2) is 8.97. The van der Waals surface area contributed by atoms with Crippen LogP contribution >= 0.6 is 0 Å². The second-order valence-electron chi connectivity index (χ2n) is 7.07. The molecule has 0 spiro atoms. The number of sulfonamides is 1. The van der Waals surface area contributed by atoms with Crippen molar-refractivity contribution >= 4 is 33.0 Å². The van der Waals surface area contributed by atoms with Crippen LogP contribution in [0.1, 0.15) is 24.8 Å². The minimum Gasteiger partial charge on any atom is -0.372 e. The molecular weight excluding hydrogens is 388 g/mol. The van der Waals surface area contributed by atoms with E-state index in [0.717, 1.165) is 29.3 Å². The molecule has 1 amide bonds. The maximum absolute atomic E-state index is 12.5. The first-order chi connectivity index (χ1) is 13.9. The molecule has 0 bridgehead atoms. The van der Waals surface area contributed by atoms with Gasteiger partial charge in [-0.3, -0.25) is 9.10 Å². The van der Waals surface area contributed by atoms with E-state index >= 15 is 0 Å². The monoisotopic (exact) mass is 412 g/mol. The Morgan fingerprint density at radius 1 is 1.14 bits per heavy atom. The maximum Gasteiger partial charge on any atom is 0.245 e. The lowest BCUT2D eigenvalue weighted by atomic mass is 10.1. The molecule has 2 aromatic rings. The van der Waals surface area contributed by atoms with E-state index in [4.69, 9.17) is 5.26 Å². The molecule has 0 saturated carbocycles. The molecule has 0 unspecified atom stereocenters. The summed E-state index contributed by atoms with van der Waals surface area (Å²) in [6.07, 6.45) is 4.67. The first-order valence-electron chi connectivity index (χ1n) is 9.49. The highest BCUT2D eigenvalue weighted by atomic mass is 32.2. The van der Waals surface area contributed by atoms with Crippen LogP contribution in [0.5, 0.6) is 0 Å². The van der Waals surface area contributed by atoms with E-state index in [1.54, 1.807) is 18.2 Å². The Kier molecular flexibility index (Phi) is 6.39. The molecule has 0 aromatic heterocycles. The van der Waals surface area contributed by atoms with Gasteiger partial charge >= 0.3 is 0 Å². The fraction of sp³-hybridized carbons (Fsp3) is 0.333. The number of rotatable bonds is 6. The summed E-state index contributed by atoms with van der Waals surface area (Å²) >= 11 is 0. The van der Waals surface area contributed by atoms with Gasteiger partial charge in [0.25, 0.3) is 0 Å². The van der Waals surface area contributed by atoms with Crippen LogP contribution in [-0.4, -0.2) is 40.2 Å².